The van der Waals surface area contributed by atoms with Gasteiger partial charge in [-0.3, -0.25) is 0 Å². The largest absolute Gasteiger partial charge is 0.451 e. The van der Waals surface area contributed by atoms with E-state index in [1.165, 1.54) is 12.1 Å². The van der Waals surface area contributed by atoms with Crippen molar-refractivity contribution in [3.8, 4) is 0 Å². The van der Waals surface area contributed by atoms with Crippen LogP contribution in [0.25, 0.3) is 0 Å². The van der Waals surface area contributed by atoms with Crippen LogP contribution in [-0.4, -0.2) is 16.8 Å². The highest BCUT2D eigenvalue weighted by molar-refractivity contribution is 14.1. The monoisotopic (exact) mass is 531 g/mol. The molecule has 2 heterocycles. The van der Waals surface area contributed by atoms with E-state index in [9.17, 15) is 21.2 Å². The van der Waals surface area contributed by atoms with Crippen molar-refractivity contribution in [1.29, 1.82) is 0 Å². The van der Waals surface area contributed by atoms with E-state index in [4.69, 9.17) is 20.4 Å². The third kappa shape index (κ3) is 3.12. The third-order valence-electron chi connectivity index (χ3n) is 3.15. The van der Waals surface area contributed by atoms with Gasteiger partial charge in [0.25, 0.3) is 0 Å². The molecule has 3 aromatic rings. The summed E-state index contributed by atoms with van der Waals surface area (Å²) in [5.41, 5.74) is -0.467. The summed E-state index contributed by atoms with van der Waals surface area (Å²) < 4.78 is 75.1. The highest BCUT2D eigenvalue weighted by Gasteiger charge is 2.41. The van der Waals surface area contributed by atoms with Gasteiger partial charge in [-0.1, -0.05) is 11.6 Å². The Morgan fingerprint density at radius 2 is 1.42 bits per heavy atom. The van der Waals surface area contributed by atoms with Gasteiger partial charge in [-0.2, -0.15) is 16.8 Å². The van der Waals surface area contributed by atoms with Crippen LogP contribution in [0.5, 0.6) is 0 Å². The molecule has 0 spiro atoms. The molecular formula is C14H8ClFINO6S2. The maximum absolute atomic E-state index is 13.7. The van der Waals surface area contributed by atoms with Crippen molar-refractivity contribution in [3.63, 3.8) is 0 Å². The molecule has 0 fully saturated rings. The lowest BCUT2D eigenvalue weighted by molar-refractivity contribution is 0.444. The summed E-state index contributed by atoms with van der Waals surface area (Å²) in [4.78, 5) is 0. The molecule has 0 aliphatic heterocycles. The van der Waals surface area contributed by atoms with E-state index in [0.29, 0.717) is 0 Å². The second-order valence-electron chi connectivity index (χ2n) is 4.77. The molecule has 2 aromatic heterocycles. The molecule has 138 valence electrons. The molecule has 0 bridgehead atoms. The van der Waals surface area contributed by atoms with Crippen molar-refractivity contribution >= 4 is 59.9 Å². The highest BCUT2D eigenvalue weighted by atomic mass is 127. The molecule has 26 heavy (non-hydrogen) atoms. The Hall–Kier alpha value is -1.57. The lowest BCUT2D eigenvalue weighted by atomic mass is 10.3. The zero-order valence-corrected chi connectivity index (χ0v) is 17.0. The summed E-state index contributed by atoms with van der Waals surface area (Å²) in [5.74, 6) is -0.731. The van der Waals surface area contributed by atoms with Crippen molar-refractivity contribution in [2.45, 2.75) is 10.2 Å². The first-order chi connectivity index (χ1) is 12.2. The normalized spacial score (nSPS) is 12.3. The van der Waals surface area contributed by atoms with Crippen LogP contribution in [0, 0.1) is 9.39 Å². The Balaban J connectivity index is 2.34. The minimum atomic E-state index is -4.74. The molecule has 7 nitrogen and oxygen atoms in total. The first-order valence-electron chi connectivity index (χ1n) is 6.68. The fourth-order valence-electron chi connectivity index (χ4n) is 2.03. The Morgan fingerprint density at radius 1 is 0.923 bits per heavy atom. The van der Waals surface area contributed by atoms with Crippen LogP contribution in [-0.2, 0) is 20.0 Å². The topological polar surface area (TPSA) is 97.8 Å². The second kappa shape index (κ2) is 6.87. The van der Waals surface area contributed by atoms with E-state index in [2.05, 4.69) is 0 Å². The lowest BCUT2D eigenvalue weighted by Crippen LogP contribution is -2.37. The number of furan rings is 2. The second-order valence-corrected chi connectivity index (χ2v) is 9.89. The van der Waals surface area contributed by atoms with Crippen LogP contribution in [0.15, 0.2) is 67.9 Å². The Labute approximate surface area is 166 Å². The molecule has 0 amide bonds. The fraction of sp³-hybridized carbons (Fsp3) is 0. The summed E-state index contributed by atoms with van der Waals surface area (Å²) in [6.45, 7) is 0. The van der Waals surface area contributed by atoms with Crippen LogP contribution >= 0.6 is 34.2 Å². The number of hydrogen-bond acceptors (Lipinski definition) is 6. The summed E-state index contributed by atoms with van der Waals surface area (Å²) in [7, 11) is -9.48. The van der Waals surface area contributed by atoms with E-state index in [1.54, 1.807) is 22.6 Å². The van der Waals surface area contributed by atoms with Gasteiger partial charge in [0.05, 0.1) is 26.8 Å². The van der Waals surface area contributed by atoms with Gasteiger partial charge in [-0.25, -0.2) is 4.39 Å². The molecule has 0 aliphatic carbocycles. The first kappa shape index (κ1) is 19.2. The van der Waals surface area contributed by atoms with Crippen molar-refractivity contribution in [2.24, 2.45) is 0 Å². The average molecular weight is 532 g/mol. The van der Waals surface area contributed by atoms with Gasteiger partial charge >= 0.3 is 20.0 Å². The molecule has 1 aromatic carbocycles. The van der Waals surface area contributed by atoms with E-state index in [-0.39, 0.29) is 7.28 Å². The van der Waals surface area contributed by atoms with Crippen LogP contribution < -0.4 is 3.71 Å². The van der Waals surface area contributed by atoms with Crippen molar-refractivity contribution in [2.75, 3.05) is 3.71 Å². The number of rotatable bonds is 5. The van der Waals surface area contributed by atoms with Crippen molar-refractivity contribution in [1.82, 2.24) is 0 Å². The van der Waals surface area contributed by atoms with Crippen molar-refractivity contribution in [3.05, 3.63) is 63.3 Å². The van der Waals surface area contributed by atoms with Gasteiger partial charge < -0.3 is 8.83 Å². The molecule has 12 heteroatoms. The van der Waals surface area contributed by atoms with E-state index < -0.39 is 46.8 Å². The van der Waals surface area contributed by atoms with Gasteiger partial charge in [-0.15, -0.1) is 3.71 Å². The number of hydrogen-bond donors (Lipinski definition) is 0. The number of halogens is 3. The quantitative estimate of drug-likeness (QED) is 0.366. The van der Waals surface area contributed by atoms with Crippen LogP contribution in [0.3, 0.4) is 0 Å². The zero-order valence-electron chi connectivity index (χ0n) is 12.5. The van der Waals surface area contributed by atoms with Crippen LogP contribution in [0.2, 0.25) is 5.02 Å². The van der Waals surface area contributed by atoms with Gasteiger partial charge in [0.1, 0.15) is 5.82 Å². The average Bonchev–Trinajstić information content (AvgIpc) is 3.28. The maximum atomic E-state index is 13.7. The summed E-state index contributed by atoms with van der Waals surface area (Å²) in [6.07, 6.45) is 2.14. The SMILES string of the molecule is O=S(=O)(c1ccco1)N(c1ccc(F)c(I)c1Cl)S(=O)(=O)c1ccco1. The molecule has 0 aliphatic rings. The highest BCUT2D eigenvalue weighted by Crippen LogP contribution is 2.38. The summed E-state index contributed by atoms with van der Waals surface area (Å²) >= 11 is 7.59. The van der Waals surface area contributed by atoms with Crippen LogP contribution in [0.4, 0.5) is 10.1 Å². The van der Waals surface area contributed by atoms with Crippen molar-refractivity contribution < 1.29 is 30.1 Å². The number of anilines is 1. The Kier molecular flexibility index (Phi) is 5.07. The first-order valence-corrected chi connectivity index (χ1v) is 11.0. The molecule has 3 rings (SSSR count). The predicted octanol–water partition coefficient (Wildman–Crippen LogP) is 3.85. The fourth-order valence-corrected chi connectivity index (χ4v) is 6.30. The molecule has 0 radical (unpaired) electrons. The third-order valence-corrected chi connectivity index (χ3v) is 8.83. The number of benzene rings is 1. The Bertz CT molecular complexity index is 1080. The molecular weight excluding hydrogens is 524 g/mol. The van der Waals surface area contributed by atoms with Gasteiger partial charge in [0.2, 0.25) is 10.2 Å². The van der Waals surface area contributed by atoms with Gasteiger partial charge in [-0.05, 0) is 59.0 Å². The predicted molar refractivity (Wildman–Crippen MR) is 98.4 cm³/mol. The summed E-state index contributed by atoms with van der Waals surface area (Å²) in [5, 5.41) is -1.66. The lowest BCUT2D eigenvalue weighted by Gasteiger charge is -2.23. The molecule has 0 saturated heterocycles. The number of sulfonamides is 2. The molecule has 0 saturated carbocycles. The molecule has 0 N–H and O–H groups in total. The van der Waals surface area contributed by atoms with E-state index in [0.717, 1.165) is 36.8 Å². The standard InChI is InChI=1S/C14H8ClFINO6S2/c15-13-10(6-5-9(16)14(13)17)18(25(19,20)11-3-1-7-23-11)26(21,22)12-4-2-8-24-12/h1-8H. The van der Waals surface area contributed by atoms with E-state index in [1.807, 2.05) is 0 Å². The minimum absolute atomic E-state index is 0.0571. The molecule has 0 atom stereocenters. The van der Waals surface area contributed by atoms with Gasteiger partial charge in [0, 0.05) is 0 Å². The maximum Gasteiger partial charge on any atom is 0.311 e. The Morgan fingerprint density at radius 3 is 1.85 bits per heavy atom. The van der Waals surface area contributed by atoms with Gasteiger partial charge in [0.15, 0.2) is 0 Å². The van der Waals surface area contributed by atoms with E-state index >= 15 is 0 Å². The smallest absolute Gasteiger partial charge is 0.311 e. The number of nitrogens with zero attached hydrogens (tertiary/aromatic N) is 1. The summed E-state index contributed by atoms with van der Waals surface area (Å²) in [6, 6.07) is 6.55. The van der Waals surface area contributed by atoms with Crippen LogP contribution in [0.1, 0.15) is 0 Å². The minimum Gasteiger partial charge on any atom is -0.451 e. The molecule has 0 unspecified atom stereocenters. The zero-order chi connectivity index (χ0) is 19.1.